The van der Waals surface area contributed by atoms with E-state index in [9.17, 15) is 74.6 Å². The molecule has 26 heteroatoms. The van der Waals surface area contributed by atoms with Gasteiger partial charge in [-0.05, 0) is 103 Å². The summed E-state index contributed by atoms with van der Waals surface area (Å²) in [6.45, 7) is 5.57. The molecular weight excluding hydrogens is 1560 g/mol. The van der Waals surface area contributed by atoms with Crippen LogP contribution in [0.2, 0.25) is 0 Å². The lowest BCUT2D eigenvalue weighted by Gasteiger charge is -2.50. The first kappa shape index (κ1) is 111. The molecular formula is C94H171O25P. The first-order valence-corrected chi connectivity index (χ1v) is 49.7. The molecule has 18 atom stereocenters. The third kappa shape index (κ3) is 52.1. The smallest absolute Gasteiger partial charge is 0.463 e. The number of hydrogen-bond acceptors (Lipinski definition) is 24. The minimum absolute atomic E-state index is 0.00872. The third-order valence-corrected chi connectivity index (χ3v) is 24.3. The molecule has 2 aliphatic heterocycles. The zero-order chi connectivity index (χ0) is 87.5. The SMILES string of the molecule is CCCCCC/C=C\CCCCCCCCCC(=O)OCC(COP(=O)(O)OC1C(OC2OC(CO)C(O)C(O)C2O)C(O)C(O)C(OC(=O)CCCCCCCCCCCCCCCCCC)C1OC1OC(COC(=O)CCCCCCCCC/C=C\CCCCCC)C(O)C(O)C1O)OC(=O)CCCCCCCCC/C=C\CCCCCC. The molecule has 0 aromatic rings. The van der Waals surface area contributed by atoms with Crippen molar-refractivity contribution in [1.82, 2.24) is 0 Å². The molecule has 120 heavy (non-hydrogen) atoms. The van der Waals surface area contributed by atoms with Crippen molar-refractivity contribution in [3.05, 3.63) is 36.5 Å². The van der Waals surface area contributed by atoms with E-state index >= 15 is 0 Å². The van der Waals surface area contributed by atoms with Gasteiger partial charge in [-0.3, -0.25) is 28.2 Å². The summed E-state index contributed by atoms with van der Waals surface area (Å²) < 4.78 is 73.5. The van der Waals surface area contributed by atoms with Crippen LogP contribution in [0.3, 0.4) is 0 Å². The zero-order valence-electron chi connectivity index (χ0n) is 74.9. The maximum atomic E-state index is 14.9. The van der Waals surface area contributed by atoms with Crippen molar-refractivity contribution >= 4 is 31.7 Å². The molecule has 10 N–H and O–H groups in total. The molecule has 1 saturated carbocycles. The summed E-state index contributed by atoms with van der Waals surface area (Å²) in [5.41, 5.74) is 0. The van der Waals surface area contributed by atoms with E-state index in [1.54, 1.807) is 0 Å². The first-order valence-electron chi connectivity index (χ1n) is 48.2. The largest absolute Gasteiger partial charge is 0.472 e. The van der Waals surface area contributed by atoms with Crippen LogP contribution in [0.25, 0.3) is 0 Å². The number of carbonyl (C=O) groups excluding carboxylic acids is 4. The van der Waals surface area contributed by atoms with Gasteiger partial charge in [-0.1, -0.05) is 315 Å². The Morgan fingerprint density at radius 1 is 0.325 bits per heavy atom. The number of aliphatic hydroxyl groups excluding tert-OH is 9. The molecule has 2 saturated heterocycles. The van der Waals surface area contributed by atoms with Crippen molar-refractivity contribution in [3.63, 3.8) is 0 Å². The van der Waals surface area contributed by atoms with Crippen LogP contribution in [0.5, 0.6) is 0 Å². The lowest BCUT2D eigenvalue weighted by Crippen LogP contribution is -2.70. The van der Waals surface area contributed by atoms with Gasteiger partial charge in [-0.2, -0.15) is 0 Å². The van der Waals surface area contributed by atoms with Gasteiger partial charge in [0.25, 0.3) is 0 Å². The fourth-order valence-corrected chi connectivity index (χ4v) is 16.6. The molecule has 0 amide bonds. The normalized spacial score (nSPS) is 24.9. The lowest BCUT2D eigenvalue weighted by molar-refractivity contribution is -0.360. The average molecular weight is 1730 g/mol. The summed E-state index contributed by atoms with van der Waals surface area (Å²) in [7, 11) is -5.81. The van der Waals surface area contributed by atoms with Gasteiger partial charge >= 0.3 is 31.7 Å². The number of unbranched alkanes of at least 4 members (excludes halogenated alkanes) is 48. The van der Waals surface area contributed by atoms with Gasteiger partial charge in [0, 0.05) is 25.7 Å². The molecule has 18 unspecified atom stereocenters. The van der Waals surface area contributed by atoms with E-state index in [2.05, 4.69) is 64.2 Å². The summed E-state index contributed by atoms with van der Waals surface area (Å²) >= 11 is 0. The Kier molecular flexibility index (Phi) is 67.2. The van der Waals surface area contributed by atoms with Crippen LogP contribution in [0, 0.1) is 0 Å². The summed E-state index contributed by atoms with van der Waals surface area (Å²) in [6.07, 6.45) is 35.4. The van der Waals surface area contributed by atoms with E-state index in [1.165, 1.54) is 135 Å². The second kappa shape index (κ2) is 72.7. The van der Waals surface area contributed by atoms with Crippen molar-refractivity contribution in [3.8, 4) is 0 Å². The van der Waals surface area contributed by atoms with E-state index in [-0.39, 0.29) is 25.7 Å². The second-order valence-electron chi connectivity index (χ2n) is 34.2. The molecule has 0 aromatic heterocycles. The highest BCUT2D eigenvalue weighted by atomic mass is 31.2. The Morgan fingerprint density at radius 3 is 1.00 bits per heavy atom. The maximum Gasteiger partial charge on any atom is 0.472 e. The van der Waals surface area contributed by atoms with Crippen LogP contribution in [0.4, 0.5) is 0 Å². The lowest BCUT2D eigenvalue weighted by atomic mass is 9.84. The number of phosphoric acid groups is 1. The first-order chi connectivity index (χ1) is 58.2. The molecule has 0 radical (unpaired) electrons. The van der Waals surface area contributed by atoms with Crippen LogP contribution in [0.15, 0.2) is 36.5 Å². The summed E-state index contributed by atoms with van der Waals surface area (Å²) in [4.78, 5) is 66.5. The van der Waals surface area contributed by atoms with E-state index in [0.29, 0.717) is 38.5 Å². The Bertz CT molecular complexity index is 2630. The molecule has 3 rings (SSSR count). The molecule has 25 nitrogen and oxygen atoms in total. The number of aliphatic hydroxyl groups is 9. The van der Waals surface area contributed by atoms with Crippen LogP contribution >= 0.6 is 7.82 Å². The monoisotopic (exact) mass is 1730 g/mol. The van der Waals surface area contributed by atoms with Crippen LogP contribution < -0.4 is 0 Å². The van der Waals surface area contributed by atoms with Gasteiger partial charge in [0.1, 0.15) is 92.6 Å². The van der Waals surface area contributed by atoms with Gasteiger partial charge in [-0.15, -0.1) is 0 Å². The standard InChI is InChI=1S/C94H171O25P/c1-5-9-13-17-21-25-29-33-37-41-45-49-53-57-61-65-69-80(99)116-89-85(104)86(105)90(117-93-87(106)83(102)81(100)75(70-95)114-93)92(91(89)118-94-88(107)84(103)82(101)76(115-94)73-111-78(97)67-63-59-55-51-47-43-39-35-31-27-23-19-15-11-7-3)119-120(108,109)112-72-74(113-79(98)68-64-60-56-52-48-44-40-36-32-28-24-20-16-12-8-4)71-110-77(96)66-62-58-54-50-46-42-38-34-30-26-22-18-14-10-6-2/h26-28,30-32,74-76,81-95,100-107H,5-25,29,33-73H2,1-4H3,(H,108,109)/b30-26-,31-27-,32-28-. The van der Waals surface area contributed by atoms with Gasteiger partial charge in [-0.25, -0.2) is 4.57 Å². The molecule has 702 valence electrons. The number of carbonyl (C=O) groups is 4. The predicted molar refractivity (Wildman–Crippen MR) is 467 cm³/mol. The highest BCUT2D eigenvalue weighted by Gasteiger charge is 2.60. The van der Waals surface area contributed by atoms with E-state index in [0.717, 1.165) is 180 Å². The van der Waals surface area contributed by atoms with E-state index in [1.807, 2.05) is 0 Å². The summed E-state index contributed by atoms with van der Waals surface area (Å²) in [6, 6.07) is 0. The number of esters is 4. The van der Waals surface area contributed by atoms with E-state index in [4.69, 9.17) is 46.9 Å². The van der Waals surface area contributed by atoms with E-state index < -0.39 is 162 Å². The second-order valence-corrected chi connectivity index (χ2v) is 35.6. The van der Waals surface area contributed by atoms with Crippen molar-refractivity contribution < 1.29 is 122 Å². The molecule has 3 aliphatic rings. The van der Waals surface area contributed by atoms with Crippen molar-refractivity contribution in [1.29, 1.82) is 0 Å². The molecule has 2 heterocycles. The van der Waals surface area contributed by atoms with Gasteiger partial charge < -0.3 is 88.7 Å². The molecule has 1 aliphatic carbocycles. The zero-order valence-corrected chi connectivity index (χ0v) is 75.8. The average Bonchev–Trinajstić information content (AvgIpc) is 0.754. The summed E-state index contributed by atoms with van der Waals surface area (Å²) in [5.74, 6) is -2.98. The van der Waals surface area contributed by atoms with Crippen molar-refractivity contribution in [2.75, 3.05) is 26.4 Å². The fraction of sp³-hybridized carbons (Fsp3) is 0.894. The fourth-order valence-electron chi connectivity index (χ4n) is 15.7. The minimum atomic E-state index is -5.81. The quantitative estimate of drug-likeness (QED) is 0.00889. The number of hydrogen-bond donors (Lipinski definition) is 10. The Hall–Kier alpha value is -3.31. The topological polar surface area (TPSA) is 380 Å². The third-order valence-electron chi connectivity index (χ3n) is 23.3. The maximum absolute atomic E-state index is 14.9. The van der Waals surface area contributed by atoms with Gasteiger partial charge in [0.15, 0.2) is 24.8 Å². The van der Waals surface area contributed by atoms with Gasteiger partial charge in [0.05, 0.1) is 13.2 Å². The van der Waals surface area contributed by atoms with Crippen LogP contribution in [-0.4, -0.2) is 205 Å². The van der Waals surface area contributed by atoms with Gasteiger partial charge in [0.2, 0.25) is 0 Å². The molecule has 3 fully saturated rings. The minimum Gasteiger partial charge on any atom is -0.463 e. The number of ether oxygens (including phenoxy) is 8. The predicted octanol–water partition coefficient (Wildman–Crippen LogP) is 18.3. The molecule has 0 bridgehead atoms. The van der Waals surface area contributed by atoms with Crippen molar-refractivity contribution in [2.45, 2.75) is 511 Å². The highest BCUT2D eigenvalue weighted by Crippen LogP contribution is 2.49. The van der Waals surface area contributed by atoms with Crippen LogP contribution in [0.1, 0.15) is 407 Å². The Balaban J connectivity index is 1.91. The van der Waals surface area contributed by atoms with Crippen LogP contribution in [-0.2, 0) is 70.7 Å². The Morgan fingerprint density at radius 2 is 0.625 bits per heavy atom. The highest BCUT2D eigenvalue weighted by molar-refractivity contribution is 7.47. The molecule has 0 aromatic carbocycles. The number of allylic oxidation sites excluding steroid dienone is 6. The number of phosphoric ester groups is 1. The Labute approximate surface area is 723 Å². The molecule has 0 spiro atoms. The number of rotatable bonds is 78. The summed E-state index contributed by atoms with van der Waals surface area (Å²) in [5, 5.41) is 102. The van der Waals surface area contributed by atoms with Crippen molar-refractivity contribution in [2.24, 2.45) is 0 Å².